The smallest absolute Gasteiger partial charge is 0.428 e. The van der Waals surface area contributed by atoms with E-state index in [-0.39, 0.29) is 12.1 Å². The first-order chi connectivity index (χ1) is 9.73. The molecule has 1 rings (SSSR count). The number of carbonyl (C=O) groups is 2. The molecule has 0 heterocycles. The molecule has 1 aromatic rings. The second-order valence-corrected chi connectivity index (χ2v) is 4.45. The van der Waals surface area contributed by atoms with Crippen molar-refractivity contribution >= 4 is 11.9 Å². The molecular weight excluding hydrogens is 322 g/mol. The van der Waals surface area contributed by atoms with Gasteiger partial charge in [-0.3, -0.25) is 0 Å². The Morgan fingerprint density at radius 3 is 1.73 bits per heavy atom. The van der Waals surface area contributed by atoms with Crippen LogP contribution in [0.5, 0.6) is 0 Å². The van der Waals surface area contributed by atoms with Gasteiger partial charge in [-0.15, -0.1) is 0 Å². The van der Waals surface area contributed by atoms with Crippen LogP contribution in [0.2, 0.25) is 0 Å². The number of aromatic carboxylic acids is 2. The normalized spacial score (nSPS) is 15.2. The molecule has 1 unspecified atom stereocenters. The van der Waals surface area contributed by atoms with Gasteiger partial charge in [0.25, 0.3) is 5.67 Å². The van der Waals surface area contributed by atoms with Gasteiger partial charge in [0.05, 0.1) is 11.1 Å². The van der Waals surface area contributed by atoms with E-state index in [1.807, 2.05) is 0 Å². The number of hydrogen-bond acceptors (Lipinski definition) is 2. The molecule has 1 atom stereocenters. The predicted octanol–water partition coefficient (Wildman–Crippen LogP) is 3.47. The van der Waals surface area contributed by atoms with Crippen LogP contribution in [0.3, 0.4) is 0 Å². The Kier molecular flexibility index (Phi) is 4.19. The number of benzene rings is 1. The maximum atomic E-state index is 13.8. The summed E-state index contributed by atoms with van der Waals surface area (Å²) in [5, 5.41) is 17.4. The largest absolute Gasteiger partial charge is 0.478 e. The molecule has 122 valence electrons. The molecule has 22 heavy (non-hydrogen) atoms. The number of rotatable bonds is 4. The van der Waals surface area contributed by atoms with Crippen LogP contribution in [0.1, 0.15) is 33.2 Å². The summed E-state index contributed by atoms with van der Waals surface area (Å²) in [5.41, 5.74) is -8.67. The summed E-state index contributed by atoms with van der Waals surface area (Å²) >= 11 is 0. The van der Waals surface area contributed by atoms with Gasteiger partial charge in [-0.1, -0.05) is 6.07 Å². The van der Waals surface area contributed by atoms with E-state index in [1.165, 1.54) is 0 Å². The molecule has 0 bridgehead atoms. The fraction of sp³-hybridized carbons (Fsp3) is 0.333. The van der Waals surface area contributed by atoms with Crippen LogP contribution in [0, 0.1) is 0 Å². The Hall–Kier alpha value is -2.26. The third-order valence-electron chi connectivity index (χ3n) is 2.96. The first-order valence-electron chi connectivity index (χ1n) is 5.48. The summed E-state index contributed by atoms with van der Waals surface area (Å²) < 4.78 is 78.3. The lowest BCUT2D eigenvalue weighted by molar-refractivity contribution is -0.299. The quantitative estimate of drug-likeness (QED) is 0.829. The lowest BCUT2D eigenvalue weighted by Crippen LogP contribution is -2.51. The summed E-state index contributed by atoms with van der Waals surface area (Å²) in [6.45, 7) is -0.390. The second-order valence-electron chi connectivity index (χ2n) is 4.45. The molecule has 1 aromatic carbocycles. The van der Waals surface area contributed by atoms with Crippen LogP contribution in [-0.2, 0) is 5.92 Å². The Bertz CT molecular complexity index is 621. The van der Waals surface area contributed by atoms with Crippen molar-refractivity contribution in [1.82, 2.24) is 0 Å². The minimum Gasteiger partial charge on any atom is -0.478 e. The van der Waals surface area contributed by atoms with Gasteiger partial charge >= 0.3 is 24.0 Å². The number of halogens is 6. The van der Waals surface area contributed by atoms with Crippen LogP contribution in [-0.4, -0.2) is 34.0 Å². The highest BCUT2D eigenvalue weighted by molar-refractivity contribution is 6.01. The van der Waals surface area contributed by atoms with Gasteiger partial charge in [0, 0.05) is 5.56 Å². The number of carboxylic acids is 2. The van der Waals surface area contributed by atoms with Crippen LogP contribution in [0.4, 0.5) is 26.3 Å². The third kappa shape index (κ3) is 2.72. The molecule has 4 nitrogen and oxygen atoms in total. The third-order valence-corrected chi connectivity index (χ3v) is 2.96. The summed E-state index contributed by atoms with van der Waals surface area (Å²) in [7, 11) is 0. The van der Waals surface area contributed by atoms with E-state index in [0.717, 1.165) is 0 Å². The summed E-state index contributed by atoms with van der Waals surface area (Å²) in [4.78, 5) is 21.6. The Labute approximate surface area is 119 Å². The van der Waals surface area contributed by atoms with Crippen LogP contribution < -0.4 is 0 Å². The molecular formula is C12H8F6O4. The van der Waals surface area contributed by atoms with Crippen molar-refractivity contribution in [3.63, 3.8) is 0 Å². The fourth-order valence-corrected chi connectivity index (χ4v) is 1.55. The summed E-state index contributed by atoms with van der Waals surface area (Å²) in [5.74, 6) is -8.86. The molecule has 0 aliphatic heterocycles. The van der Waals surface area contributed by atoms with Crippen molar-refractivity contribution in [2.45, 2.75) is 24.7 Å². The Morgan fingerprint density at radius 1 is 0.909 bits per heavy atom. The molecule has 0 saturated carbocycles. The van der Waals surface area contributed by atoms with Gasteiger partial charge in [-0.2, -0.15) is 22.0 Å². The van der Waals surface area contributed by atoms with E-state index in [2.05, 4.69) is 0 Å². The SMILES string of the molecule is CC(F)(C(F)(F)F)C(F)(F)c1ccc(C(=O)O)c(C(=O)O)c1. The summed E-state index contributed by atoms with van der Waals surface area (Å²) in [6, 6.07) is 0.621. The molecule has 0 spiro atoms. The number of carboxylic acid groups (broad SMARTS) is 2. The van der Waals surface area contributed by atoms with Crippen LogP contribution in [0.25, 0.3) is 0 Å². The van der Waals surface area contributed by atoms with Crippen molar-refractivity contribution in [3.8, 4) is 0 Å². The molecule has 0 aliphatic rings. The van der Waals surface area contributed by atoms with Crippen molar-refractivity contribution < 1.29 is 46.1 Å². The van der Waals surface area contributed by atoms with Crippen molar-refractivity contribution in [3.05, 3.63) is 34.9 Å². The standard InChI is InChI=1S/C12H8F6O4/c1-10(13,12(16,17)18)11(14,15)5-2-3-6(8(19)20)7(4-5)9(21)22/h2-4H,1H3,(H,19,20)(H,21,22). The van der Waals surface area contributed by atoms with E-state index < -0.39 is 53.3 Å². The van der Waals surface area contributed by atoms with E-state index in [0.29, 0.717) is 6.07 Å². The maximum absolute atomic E-state index is 13.8. The first-order valence-corrected chi connectivity index (χ1v) is 5.48. The molecule has 0 aliphatic carbocycles. The van der Waals surface area contributed by atoms with Crippen LogP contribution >= 0.6 is 0 Å². The van der Waals surface area contributed by atoms with E-state index in [4.69, 9.17) is 10.2 Å². The predicted molar refractivity (Wildman–Crippen MR) is 59.8 cm³/mol. The van der Waals surface area contributed by atoms with E-state index >= 15 is 0 Å². The molecule has 0 aromatic heterocycles. The van der Waals surface area contributed by atoms with Gasteiger partial charge in [-0.25, -0.2) is 14.0 Å². The monoisotopic (exact) mass is 330 g/mol. The molecule has 2 N–H and O–H groups in total. The highest BCUT2D eigenvalue weighted by Gasteiger charge is 2.68. The first kappa shape index (κ1) is 17.8. The lowest BCUT2D eigenvalue weighted by atomic mass is 9.90. The fourth-order valence-electron chi connectivity index (χ4n) is 1.55. The van der Waals surface area contributed by atoms with Crippen LogP contribution in [0.15, 0.2) is 18.2 Å². The maximum Gasteiger partial charge on any atom is 0.428 e. The minimum atomic E-state index is -5.93. The van der Waals surface area contributed by atoms with E-state index in [1.54, 1.807) is 0 Å². The van der Waals surface area contributed by atoms with Gasteiger partial charge in [0.15, 0.2) is 0 Å². The Balaban J connectivity index is 3.54. The van der Waals surface area contributed by atoms with Gasteiger partial charge in [0.1, 0.15) is 0 Å². The molecule has 0 saturated heterocycles. The summed E-state index contributed by atoms with van der Waals surface area (Å²) in [6.07, 6.45) is -5.93. The number of hydrogen-bond donors (Lipinski definition) is 2. The van der Waals surface area contributed by atoms with E-state index in [9.17, 15) is 35.9 Å². The van der Waals surface area contributed by atoms with Gasteiger partial charge in [0.2, 0.25) is 0 Å². The van der Waals surface area contributed by atoms with Gasteiger partial charge in [-0.05, 0) is 19.1 Å². The lowest BCUT2D eigenvalue weighted by Gasteiger charge is -2.32. The molecule has 0 fully saturated rings. The minimum absolute atomic E-state index is 0.00928. The zero-order valence-corrected chi connectivity index (χ0v) is 10.7. The highest BCUT2D eigenvalue weighted by atomic mass is 19.4. The zero-order valence-electron chi connectivity index (χ0n) is 10.7. The number of alkyl halides is 6. The van der Waals surface area contributed by atoms with Crippen molar-refractivity contribution in [2.24, 2.45) is 0 Å². The van der Waals surface area contributed by atoms with Gasteiger partial charge < -0.3 is 10.2 Å². The zero-order chi connectivity index (χ0) is 17.5. The van der Waals surface area contributed by atoms with Crippen molar-refractivity contribution in [1.29, 1.82) is 0 Å². The average molecular weight is 330 g/mol. The topological polar surface area (TPSA) is 74.6 Å². The van der Waals surface area contributed by atoms with Crippen molar-refractivity contribution in [2.75, 3.05) is 0 Å². The molecule has 0 amide bonds. The average Bonchev–Trinajstić information content (AvgIpc) is 2.36. The second kappa shape index (κ2) is 5.18. The molecule has 10 heteroatoms. The highest BCUT2D eigenvalue weighted by Crippen LogP contribution is 2.50. The molecule has 0 radical (unpaired) electrons. The Morgan fingerprint density at radius 2 is 1.36 bits per heavy atom.